The highest BCUT2D eigenvalue weighted by Crippen LogP contribution is 2.37. The van der Waals surface area contributed by atoms with Gasteiger partial charge in [0.15, 0.2) is 0 Å². The Morgan fingerprint density at radius 2 is 1.81 bits per heavy atom. The minimum absolute atomic E-state index is 0.891. The van der Waals surface area contributed by atoms with Crippen molar-refractivity contribution in [2.75, 3.05) is 6.61 Å². The SMILES string of the molecule is CC(=O)C(=O)OCC(OP(=O)(O)O)C(=O)O. The maximum atomic E-state index is 10.6. The quantitative estimate of drug-likeness (QED) is 0.299. The van der Waals surface area contributed by atoms with Crippen LogP contribution < -0.4 is 0 Å². The summed E-state index contributed by atoms with van der Waals surface area (Å²) in [6, 6.07) is 0. The zero-order valence-corrected chi connectivity index (χ0v) is 8.92. The maximum Gasteiger partial charge on any atom is 0.470 e. The van der Waals surface area contributed by atoms with Crippen LogP contribution in [0.1, 0.15) is 6.92 Å². The van der Waals surface area contributed by atoms with E-state index in [2.05, 4.69) is 9.26 Å². The molecular formula is C6H9O9P. The molecule has 0 fully saturated rings. The van der Waals surface area contributed by atoms with Crippen LogP contribution >= 0.6 is 7.82 Å². The van der Waals surface area contributed by atoms with Gasteiger partial charge in [-0.05, 0) is 0 Å². The number of ether oxygens (including phenoxy) is 1. The van der Waals surface area contributed by atoms with Gasteiger partial charge in [0.25, 0.3) is 0 Å². The van der Waals surface area contributed by atoms with Gasteiger partial charge in [-0.1, -0.05) is 0 Å². The summed E-state index contributed by atoms with van der Waals surface area (Å²) in [7, 11) is -5.02. The van der Waals surface area contributed by atoms with Crippen molar-refractivity contribution in [3.63, 3.8) is 0 Å². The summed E-state index contributed by atoms with van der Waals surface area (Å²) in [5.41, 5.74) is 0. The van der Waals surface area contributed by atoms with Gasteiger partial charge in [-0.2, -0.15) is 0 Å². The highest BCUT2D eigenvalue weighted by Gasteiger charge is 2.29. The number of phosphoric acid groups is 1. The van der Waals surface area contributed by atoms with Crippen LogP contribution in [0.3, 0.4) is 0 Å². The highest BCUT2D eigenvalue weighted by atomic mass is 31.2. The molecule has 0 spiro atoms. The van der Waals surface area contributed by atoms with Gasteiger partial charge in [-0.25, -0.2) is 14.2 Å². The first-order chi connectivity index (χ1) is 7.13. The molecule has 9 nitrogen and oxygen atoms in total. The number of rotatable bonds is 6. The van der Waals surface area contributed by atoms with Crippen molar-refractivity contribution in [1.29, 1.82) is 0 Å². The minimum atomic E-state index is -5.02. The second kappa shape index (κ2) is 5.71. The van der Waals surface area contributed by atoms with E-state index in [1.807, 2.05) is 0 Å². The molecule has 0 saturated carbocycles. The van der Waals surface area contributed by atoms with E-state index in [0.29, 0.717) is 0 Å². The first kappa shape index (κ1) is 14.7. The number of hydrogen-bond donors (Lipinski definition) is 3. The first-order valence-corrected chi connectivity index (χ1v) is 5.31. The summed E-state index contributed by atoms with van der Waals surface area (Å²) in [6.45, 7) is -0.0825. The number of carboxylic acids is 1. The molecule has 0 rings (SSSR count). The lowest BCUT2D eigenvalue weighted by atomic mass is 10.4. The molecule has 0 aromatic rings. The van der Waals surface area contributed by atoms with Gasteiger partial charge in [0.05, 0.1) is 0 Å². The van der Waals surface area contributed by atoms with Gasteiger partial charge in [-0.15, -0.1) is 0 Å². The van der Waals surface area contributed by atoms with Gasteiger partial charge in [0.2, 0.25) is 11.9 Å². The third-order valence-electron chi connectivity index (χ3n) is 1.19. The topological polar surface area (TPSA) is 147 Å². The number of esters is 1. The van der Waals surface area contributed by atoms with E-state index >= 15 is 0 Å². The molecule has 0 saturated heterocycles. The molecular weight excluding hydrogens is 247 g/mol. The van der Waals surface area contributed by atoms with Crippen LogP contribution in [0.2, 0.25) is 0 Å². The van der Waals surface area contributed by atoms with E-state index in [0.717, 1.165) is 6.92 Å². The number of carboxylic acid groups (broad SMARTS) is 1. The predicted octanol–water partition coefficient (Wildman–Crippen LogP) is -1.32. The molecule has 0 bridgehead atoms. The molecule has 3 N–H and O–H groups in total. The third kappa shape index (κ3) is 6.25. The number of Topliss-reactive ketones (excluding diaryl/α,β-unsaturated/α-hetero) is 1. The molecule has 1 atom stereocenters. The molecule has 0 aromatic carbocycles. The van der Waals surface area contributed by atoms with Crippen molar-refractivity contribution in [3.8, 4) is 0 Å². The van der Waals surface area contributed by atoms with E-state index in [1.54, 1.807) is 0 Å². The number of carbonyl (C=O) groups excluding carboxylic acids is 2. The molecule has 0 radical (unpaired) electrons. The van der Waals surface area contributed by atoms with Crippen molar-refractivity contribution in [3.05, 3.63) is 0 Å². The largest absolute Gasteiger partial charge is 0.479 e. The van der Waals surface area contributed by atoms with E-state index in [-0.39, 0.29) is 0 Å². The number of carbonyl (C=O) groups is 3. The van der Waals surface area contributed by atoms with Gasteiger partial charge in [0.1, 0.15) is 6.61 Å². The molecule has 1 unspecified atom stereocenters. The van der Waals surface area contributed by atoms with Crippen LogP contribution in [-0.2, 0) is 28.2 Å². The lowest BCUT2D eigenvalue weighted by Gasteiger charge is -2.13. The second-order valence-corrected chi connectivity index (χ2v) is 3.77. The molecule has 0 aliphatic heterocycles. The second-order valence-electron chi connectivity index (χ2n) is 2.58. The van der Waals surface area contributed by atoms with Gasteiger partial charge >= 0.3 is 19.8 Å². The van der Waals surface area contributed by atoms with Gasteiger partial charge in [0, 0.05) is 6.92 Å². The van der Waals surface area contributed by atoms with E-state index in [1.165, 1.54) is 0 Å². The fraction of sp³-hybridized carbons (Fsp3) is 0.500. The van der Waals surface area contributed by atoms with Crippen molar-refractivity contribution < 1.29 is 43.1 Å². The van der Waals surface area contributed by atoms with Crippen molar-refractivity contribution in [2.24, 2.45) is 0 Å². The van der Waals surface area contributed by atoms with Crippen LogP contribution in [-0.4, -0.2) is 45.3 Å². The van der Waals surface area contributed by atoms with Crippen molar-refractivity contribution in [2.45, 2.75) is 13.0 Å². The zero-order valence-electron chi connectivity index (χ0n) is 8.02. The molecule has 10 heteroatoms. The summed E-state index contributed by atoms with van der Waals surface area (Å²) in [5.74, 6) is -4.03. The highest BCUT2D eigenvalue weighted by molar-refractivity contribution is 7.46. The Labute approximate surface area is 89.2 Å². The molecule has 0 aromatic heterocycles. The van der Waals surface area contributed by atoms with Crippen molar-refractivity contribution in [1.82, 2.24) is 0 Å². The summed E-state index contributed by atoms with van der Waals surface area (Å²) in [5, 5.41) is 8.44. The standard InChI is InChI=1S/C6H9O9P/c1-3(7)6(10)14-2-4(5(8)9)15-16(11,12)13/h4H,2H2,1H3,(H,8,9)(H2,11,12,13). The Kier molecular flexibility index (Phi) is 5.25. The Morgan fingerprint density at radius 1 is 1.31 bits per heavy atom. The van der Waals surface area contributed by atoms with Crippen molar-refractivity contribution >= 4 is 25.5 Å². The lowest BCUT2D eigenvalue weighted by Crippen LogP contribution is -2.30. The maximum absolute atomic E-state index is 10.6. The lowest BCUT2D eigenvalue weighted by molar-refractivity contribution is -0.159. The van der Waals surface area contributed by atoms with E-state index in [4.69, 9.17) is 14.9 Å². The Bertz CT molecular complexity index is 342. The third-order valence-corrected chi connectivity index (χ3v) is 1.72. The molecule has 92 valence electrons. The smallest absolute Gasteiger partial charge is 0.470 e. The Morgan fingerprint density at radius 3 is 2.12 bits per heavy atom. The molecule has 0 amide bonds. The van der Waals surface area contributed by atoms with E-state index in [9.17, 15) is 18.9 Å². The summed E-state index contributed by atoms with van der Waals surface area (Å²) in [4.78, 5) is 48.1. The van der Waals surface area contributed by atoms with Crippen LogP contribution in [0.25, 0.3) is 0 Å². The summed E-state index contributed by atoms with van der Waals surface area (Å²) in [6.07, 6.45) is -2.04. The normalized spacial score (nSPS) is 12.9. The van der Waals surface area contributed by atoms with Crippen LogP contribution in [0, 0.1) is 0 Å². The number of aliphatic carboxylic acids is 1. The Balaban J connectivity index is 4.37. The van der Waals surface area contributed by atoms with Crippen LogP contribution in [0.5, 0.6) is 0 Å². The monoisotopic (exact) mass is 256 g/mol. The molecule has 16 heavy (non-hydrogen) atoms. The van der Waals surface area contributed by atoms with Crippen LogP contribution in [0.15, 0.2) is 0 Å². The fourth-order valence-electron chi connectivity index (χ4n) is 0.566. The fourth-order valence-corrected chi connectivity index (χ4v) is 1.05. The number of phosphoric ester groups is 1. The molecule has 0 heterocycles. The summed E-state index contributed by atoms with van der Waals surface area (Å²) >= 11 is 0. The first-order valence-electron chi connectivity index (χ1n) is 3.78. The average molecular weight is 256 g/mol. The Hall–Kier alpha value is -1.28. The molecule has 0 aliphatic rings. The van der Waals surface area contributed by atoms with Crippen LogP contribution in [0.4, 0.5) is 0 Å². The molecule has 0 aliphatic carbocycles. The van der Waals surface area contributed by atoms with Gasteiger partial charge < -0.3 is 19.6 Å². The minimum Gasteiger partial charge on any atom is -0.479 e. The van der Waals surface area contributed by atoms with Gasteiger partial charge in [-0.3, -0.25) is 9.32 Å². The number of ketones is 1. The average Bonchev–Trinajstić information content (AvgIpc) is 2.09. The van der Waals surface area contributed by atoms with E-state index < -0.39 is 38.3 Å². The predicted molar refractivity (Wildman–Crippen MR) is 46.2 cm³/mol. The zero-order chi connectivity index (χ0) is 12.9. The summed E-state index contributed by atoms with van der Waals surface area (Å²) < 4.78 is 18.3. The number of hydrogen-bond acceptors (Lipinski definition) is 6.